The highest BCUT2D eigenvalue weighted by Crippen LogP contribution is 2.44. The van der Waals surface area contributed by atoms with E-state index in [2.05, 4.69) is 37.1 Å². The average Bonchev–Trinajstić information content (AvgIpc) is 2.81. The van der Waals surface area contributed by atoms with Crippen LogP contribution >= 0.6 is 24.2 Å². The third-order valence-corrected chi connectivity index (χ3v) is 8.76. The predicted octanol–water partition coefficient (Wildman–Crippen LogP) is 2.60. The summed E-state index contributed by atoms with van der Waals surface area (Å²) in [5.41, 5.74) is 1.61. The molecule has 0 radical (unpaired) electrons. The van der Waals surface area contributed by atoms with Crippen LogP contribution in [0.4, 0.5) is 0 Å². The van der Waals surface area contributed by atoms with Crippen LogP contribution in [0.5, 0.6) is 0 Å². The van der Waals surface area contributed by atoms with Crippen LogP contribution in [-0.2, 0) is 19.6 Å². The number of sulfonamides is 1. The minimum absolute atomic E-state index is 0.0161. The Labute approximate surface area is 224 Å². The standard InChI is InChI=1S/C25H36ClN3O5S2/c1-17(2)13-21(16-35)28-23(31)11-12-27-15-19-9-10-22(20-7-5-4-6-8-20)25(26,14-19)36(33,34)29-24(32)18(3)30/h4-10,17-18,21,27,30,35H,11-16H2,1-3H3,(H,28,31)(H,29,32)/t18-,21+,25?/m0/s1. The molecule has 2 rings (SSSR count). The lowest BCUT2D eigenvalue weighted by atomic mass is 9.92. The molecular formula is C25H36ClN3O5S2. The molecule has 0 fully saturated rings. The van der Waals surface area contributed by atoms with E-state index in [9.17, 15) is 23.1 Å². The molecule has 1 aromatic rings. The minimum Gasteiger partial charge on any atom is -0.384 e. The molecular weight excluding hydrogens is 522 g/mol. The first-order chi connectivity index (χ1) is 16.9. The number of allylic oxidation sites excluding steroid dienone is 2. The fourth-order valence-corrected chi connectivity index (χ4v) is 6.01. The number of aliphatic hydroxyl groups excluding tert-OH is 1. The Bertz CT molecular complexity index is 1070. The molecule has 0 saturated carbocycles. The summed E-state index contributed by atoms with van der Waals surface area (Å²) in [4.78, 5) is 24.3. The number of amides is 2. The molecule has 11 heteroatoms. The van der Waals surface area contributed by atoms with Gasteiger partial charge in [0, 0.05) is 37.7 Å². The van der Waals surface area contributed by atoms with Gasteiger partial charge in [0.1, 0.15) is 6.10 Å². The topological polar surface area (TPSA) is 125 Å². The van der Waals surface area contributed by atoms with Crippen molar-refractivity contribution in [3.05, 3.63) is 53.6 Å². The number of benzene rings is 1. The van der Waals surface area contributed by atoms with E-state index in [1.54, 1.807) is 42.5 Å². The summed E-state index contributed by atoms with van der Waals surface area (Å²) >= 11 is 11.1. The normalized spacial score (nSPS) is 19.8. The minimum atomic E-state index is -4.43. The monoisotopic (exact) mass is 557 g/mol. The Morgan fingerprint density at radius 1 is 1.17 bits per heavy atom. The Balaban J connectivity index is 2.11. The Morgan fingerprint density at radius 3 is 2.42 bits per heavy atom. The van der Waals surface area contributed by atoms with Crippen LogP contribution in [0.25, 0.3) is 5.57 Å². The van der Waals surface area contributed by atoms with Gasteiger partial charge >= 0.3 is 0 Å². The average molecular weight is 558 g/mol. The molecule has 36 heavy (non-hydrogen) atoms. The lowest BCUT2D eigenvalue weighted by Gasteiger charge is -2.33. The first kappa shape index (κ1) is 30.4. The summed E-state index contributed by atoms with van der Waals surface area (Å²) in [5, 5.41) is 15.7. The Hall–Kier alpha value is -1.85. The van der Waals surface area contributed by atoms with Crippen molar-refractivity contribution in [3.63, 3.8) is 0 Å². The number of thiol groups is 1. The van der Waals surface area contributed by atoms with E-state index in [-0.39, 0.29) is 24.8 Å². The van der Waals surface area contributed by atoms with E-state index in [1.807, 2.05) is 4.72 Å². The van der Waals surface area contributed by atoms with E-state index < -0.39 is 26.2 Å². The summed E-state index contributed by atoms with van der Waals surface area (Å²) in [6.45, 7) is 6.05. The van der Waals surface area contributed by atoms with Gasteiger partial charge < -0.3 is 15.7 Å². The molecule has 1 aromatic carbocycles. The maximum atomic E-state index is 13.3. The van der Waals surface area contributed by atoms with Gasteiger partial charge in [0.05, 0.1) is 0 Å². The van der Waals surface area contributed by atoms with Gasteiger partial charge in [-0.25, -0.2) is 13.1 Å². The summed E-state index contributed by atoms with van der Waals surface area (Å²) in [7, 11) is -4.43. The zero-order valence-corrected chi connectivity index (χ0v) is 23.3. The third-order valence-electron chi connectivity index (χ3n) is 5.69. The quantitative estimate of drug-likeness (QED) is 0.144. The predicted molar refractivity (Wildman–Crippen MR) is 147 cm³/mol. The zero-order chi connectivity index (χ0) is 26.9. The maximum absolute atomic E-state index is 13.3. The van der Waals surface area contributed by atoms with Crippen molar-refractivity contribution in [2.45, 2.75) is 56.4 Å². The second-order valence-corrected chi connectivity index (χ2v) is 12.5. The third kappa shape index (κ3) is 8.34. The highest BCUT2D eigenvalue weighted by Gasteiger charge is 2.48. The van der Waals surface area contributed by atoms with Crippen LogP contribution in [0.3, 0.4) is 0 Å². The van der Waals surface area contributed by atoms with Crippen molar-refractivity contribution >= 4 is 51.6 Å². The van der Waals surface area contributed by atoms with Crippen LogP contribution in [0.1, 0.15) is 45.6 Å². The summed E-state index contributed by atoms with van der Waals surface area (Å²) in [6.07, 6.45) is 2.93. The molecule has 0 bridgehead atoms. The van der Waals surface area contributed by atoms with Crippen LogP contribution in [0, 0.1) is 5.92 Å². The molecule has 3 atom stereocenters. The van der Waals surface area contributed by atoms with Crippen molar-refractivity contribution in [2.75, 3.05) is 18.8 Å². The maximum Gasteiger partial charge on any atom is 0.262 e. The lowest BCUT2D eigenvalue weighted by molar-refractivity contribution is -0.126. The number of carbonyl (C=O) groups excluding carboxylic acids is 2. The number of hydrogen-bond acceptors (Lipinski definition) is 7. The largest absolute Gasteiger partial charge is 0.384 e. The van der Waals surface area contributed by atoms with E-state index >= 15 is 0 Å². The fourth-order valence-electron chi connectivity index (χ4n) is 3.86. The SMILES string of the molecule is CC(C)C[C@H](CS)NC(=O)CCNCC1=CC=C(c2ccccc2)C(Cl)(S(=O)(=O)NC(=O)[C@H](C)O)C1. The summed E-state index contributed by atoms with van der Waals surface area (Å²) < 4.78 is 26.4. The highest BCUT2D eigenvalue weighted by molar-refractivity contribution is 7.93. The molecule has 0 aliphatic heterocycles. The van der Waals surface area contributed by atoms with Gasteiger partial charge in [-0.05, 0) is 30.4 Å². The van der Waals surface area contributed by atoms with E-state index in [1.165, 1.54) is 6.92 Å². The lowest BCUT2D eigenvalue weighted by Crippen LogP contribution is -2.49. The van der Waals surface area contributed by atoms with E-state index in [0.29, 0.717) is 41.5 Å². The van der Waals surface area contributed by atoms with Crippen LogP contribution in [0.2, 0.25) is 0 Å². The second-order valence-electron chi connectivity index (χ2n) is 9.33. The number of nitrogens with one attached hydrogen (secondary N) is 3. The molecule has 1 aliphatic carbocycles. The van der Waals surface area contributed by atoms with Gasteiger partial charge in [-0.15, -0.1) is 0 Å². The van der Waals surface area contributed by atoms with Gasteiger partial charge in [-0.2, -0.15) is 12.6 Å². The molecule has 0 aromatic heterocycles. The molecule has 8 nitrogen and oxygen atoms in total. The summed E-state index contributed by atoms with van der Waals surface area (Å²) in [6, 6.07) is 8.82. The fraction of sp³-hybridized carbons (Fsp3) is 0.520. The van der Waals surface area contributed by atoms with Crippen molar-refractivity contribution in [2.24, 2.45) is 5.92 Å². The van der Waals surface area contributed by atoms with Gasteiger partial charge in [-0.3, -0.25) is 9.59 Å². The molecule has 2 amide bonds. The van der Waals surface area contributed by atoms with Crippen molar-refractivity contribution < 1.29 is 23.1 Å². The molecule has 4 N–H and O–H groups in total. The molecule has 0 saturated heterocycles. The zero-order valence-electron chi connectivity index (χ0n) is 20.8. The number of alkyl halides is 1. The highest BCUT2D eigenvalue weighted by atomic mass is 35.5. The second kappa shape index (κ2) is 13.6. The summed E-state index contributed by atoms with van der Waals surface area (Å²) in [5.74, 6) is -0.121. The van der Waals surface area contributed by atoms with Gasteiger partial charge in [-0.1, -0.05) is 73.5 Å². The number of halogens is 1. The first-order valence-corrected chi connectivity index (χ1v) is 14.4. The number of hydrogen-bond donors (Lipinski definition) is 5. The van der Waals surface area contributed by atoms with Crippen LogP contribution < -0.4 is 15.4 Å². The van der Waals surface area contributed by atoms with Crippen molar-refractivity contribution in [1.29, 1.82) is 0 Å². The molecule has 1 unspecified atom stereocenters. The Kier molecular flexibility index (Phi) is 11.5. The number of rotatable bonds is 13. The first-order valence-electron chi connectivity index (χ1n) is 11.9. The van der Waals surface area contributed by atoms with Crippen LogP contribution in [-0.4, -0.2) is 60.5 Å². The Morgan fingerprint density at radius 2 is 1.83 bits per heavy atom. The van der Waals surface area contributed by atoms with Crippen molar-refractivity contribution in [1.82, 2.24) is 15.4 Å². The van der Waals surface area contributed by atoms with Crippen molar-refractivity contribution in [3.8, 4) is 0 Å². The molecule has 1 aliphatic rings. The molecule has 200 valence electrons. The van der Waals surface area contributed by atoms with Crippen LogP contribution in [0.15, 0.2) is 48.1 Å². The van der Waals surface area contributed by atoms with E-state index in [0.717, 1.165) is 6.42 Å². The molecule has 0 heterocycles. The smallest absolute Gasteiger partial charge is 0.262 e. The molecule has 0 spiro atoms. The van der Waals surface area contributed by atoms with Gasteiger partial charge in [0.25, 0.3) is 15.9 Å². The number of carbonyl (C=O) groups is 2. The van der Waals surface area contributed by atoms with Gasteiger partial charge in [0.2, 0.25) is 5.91 Å². The van der Waals surface area contributed by atoms with E-state index in [4.69, 9.17) is 11.6 Å². The number of aliphatic hydroxyl groups is 1. The van der Waals surface area contributed by atoms with Gasteiger partial charge in [0.15, 0.2) is 4.21 Å².